The first kappa shape index (κ1) is 13.9. The molecular weight excluding hydrogens is 259 g/mol. The van der Waals surface area contributed by atoms with E-state index < -0.39 is 18.3 Å². The van der Waals surface area contributed by atoms with Gasteiger partial charge in [-0.25, -0.2) is 4.90 Å². The number of halogens is 3. The Morgan fingerprint density at radius 3 is 2.63 bits per heavy atom. The minimum absolute atomic E-state index is 0.00186. The number of benzene rings is 1. The number of likely N-dealkylation sites (tertiary alicyclic amines) is 1. The van der Waals surface area contributed by atoms with Crippen LogP contribution in [0.25, 0.3) is 0 Å². The Kier molecular flexibility index (Phi) is 4.09. The Labute approximate surface area is 109 Å². The summed E-state index contributed by atoms with van der Waals surface area (Å²) in [6, 6.07) is 7.67. The van der Waals surface area contributed by atoms with Crippen LogP contribution >= 0.6 is 0 Å². The molecule has 1 atom stereocenters. The van der Waals surface area contributed by atoms with E-state index in [-0.39, 0.29) is 24.5 Å². The molecule has 0 aromatic heterocycles. The summed E-state index contributed by atoms with van der Waals surface area (Å²) in [7, 11) is 0. The van der Waals surface area contributed by atoms with Crippen molar-refractivity contribution < 1.29 is 22.7 Å². The molecule has 2 rings (SSSR count). The minimum atomic E-state index is -4.48. The topological polar surface area (TPSA) is 29.5 Å². The van der Waals surface area contributed by atoms with Crippen LogP contribution in [0.15, 0.2) is 30.3 Å². The summed E-state index contributed by atoms with van der Waals surface area (Å²) in [6.45, 7) is -0.142. The van der Waals surface area contributed by atoms with Gasteiger partial charge in [-0.1, -0.05) is 30.3 Å². The third-order valence-corrected chi connectivity index (χ3v) is 3.07. The fraction of sp³-hybridized carbons (Fsp3) is 0.462. The average molecular weight is 273 g/mol. The van der Waals surface area contributed by atoms with Crippen LogP contribution in [0.3, 0.4) is 0 Å². The van der Waals surface area contributed by atoms with E-state index in [0.29, 0.717) is 6.42 Å². The molecular formula is C13H14F3NO2. The molecule has 1 aliphatic heterocycles. The minimum Gasteiger partial charge on any atom is -0.460 e. The predicted octanol–water partition coefficient (Wildman–Crippen LogP) is 2.71. The highest BCUT2D eigenvalue weighted by Crippen LogP contribution is 2.31. The summed E-state index contributed by atoms with van der Waals surface area (Å²) >= 11 is 0. The number of rotatable bonds is 3. The summed E-state index contributed by atoms with van der Waals surface area (Å²) in [5.41, 5.74) is 0.757. The summed E-state index contributed by atoms with van der Waals surface area (Å²) in [6.07, 6.45) is -3.94. The second-order valence-electron chi connectivity index (χ2n) is 4.41. The van der Waals surface area contributed by atoms with Gasteiger partial charge in [0.1, 0.15) is 12.6 Å². The molecule has 0 radical (unpaired) electrons. The van der Waals surface area contributed by atoms with Crippen LogP contribution < -0.4 is 0 Å². The normalized spacial score (nSPS) is 20.5. The lowest BCUT2D eigenvalue weighted by Crippen LogP contribution is -2.46. The molecule has 1 aromatic carbocycles. The Morgan fingerprint density at radius 1 is 1.32 bits per heavy atom. The molecule has 0 bridgehead atoms. The Balaban J connectivity index is 1.93. The third kappa shape index (κ3) is 3.47. The van der Waals surface area contributed by atoms with Gasteiger partial charge in [0.15, 0.2) is 0 Å². The molecule has 0 N–H and O–H groups in total. The Morgan fingerprint density at radius 2 is 2.00 bits per heavy atom. The van der Waals surface area contributed by atoms with Gasteiger partial charge < -0.3 is 4.74 Å². The monoisotopic (exact) mass is 273 g/mol. The van der Waals surface area contributed by atoms with Gasteiger partial charge in [-0.3, -0.25) is 4.79 Å². The molecule has 6 heteroatoms. The van der Waals surface area contributed by atoms with E-state index in [1.807, 2.05) is 6.07 Å². The zero-order chi connectivity index (χ0) is 13.9. The Hall–Kier alpha value is -1.56. The predicted molar refractivity (Wildman–Crippen MR) is 62.0 cm³/mol. The highest BCUT2D eigenvalue weighted by Gasteiger charge is 2.47. The van der Waals surface area contributed by atoms with E-state index in [1.165, 1.54) is 0 Å². The summed E-state index contributed by atoms with van der Waals surface area (Å²) < 4.78 is 42.9. The maximum Gasteiger partial charge on any atom is 0.460 e. The molecule has 1 heterocycles. The number of carbonyl (C=O) groups is 1. The molecule has 1 aliphatic rings. The van der Waals surface area contributed by atoms with E-state index in [2.05, 4.69) is 0 Å². The zero-order valence-electron chi connectivity index (χ0n) is 10.2. The smallest absolute Gasteiger partial charge is 0.460 e. The van der Waals surface area contributed by atoms with Gasteiger partial charge in [0.05, 0.1) is 0 Å². The molecule has 0 saturated carbocycles. The quantitative estimate of drug-likeness (QED) is 0.626. The van der Waals surface area contributed by atoms with Crippen LogP contribution in [0.2, 0.25) is 0 Å². The zero-order valence-corrected chi connectivity index (χ0v) is 10.2. The van der Waals surface area contributed by atoms with Crippen LogP contribution in [0, 0.1) is 0 Å². The molecule has 0 aliphatic carbocycles. The largest absolute Gasteiger partial charge is 0.460 e. The molecule has 1 fully saturated rings. The van der Waals surface area contributed by atoms with Gasteiger partial charge in [-0.2, -0.15) is 13.2 Å². The SMILES string of the molecule is O=C(OCc1ccccc1)[C@H]1CCCN1C(F)(F)F. The third-order valence-electron chi connectivity index (χ3n) is 3.07. The molecule has 0 amide bonds. The van der Waals surface area contributed by atoms with E-state index in [0.717, 1.165) is 5.56 Å². The number of alkyl halides is 3. The van der Waals surface area contributed by atoms with Crippen molar-refractivity contribution >= 4 is 5.97 Å². The van der Waals surface area contributed by atoms with Gasteiger partial charge in [-0.15, -0.1) is 0 Å². The van der Waals surface area contributed by atoms with E-state index in [4.69, 9.17) is 4.74 Å². The second kappa shape index (κ2) is 5.61. The van der Waals surface area contributed by atoms with Crippen molar-refractivity contribution in [2.75, 3.05) is 6.54 Å². The maximum absolute atomic E-state index is 12.7. The lowest BCUT2D eigenvalue weighted by Gasteiger charge is -2.24. The summed E-state index contributed by atoms with van der Waals surface area (Å²) in [4.78, 5) is 12.0. The number of esters is 1. The van der Waals surface area contributed by atoms with Crippen LogP contribution in [-0.4, -0.2) is 29.8 Å². The van der Waals surface area contributed by atoms with Crippen molar-refractivity contribution in [1.29, 1.82) is 0 Å². The van der Waals surface area contributed by atoms with Crippen molar-refractivity contribution in [2.24, 2.45) is 0 Å². The number of hydrogen-bond donors (Lipinski definition) is 0. The molecule has 1 aromatic rings. The second-order valence-corrected chi connectivity index (χ2v) is 4.41. The van der Waals surface area contributed by atoms with Crippen LogP contribution in [-0.2, 0) is 16.1 Å². The van der Waals surface area contributed by atoms with Crippen molar-refractivity contribution in [3.63, 3.8) is 0 Å². The number of ether oxygens (including phenoxy) is 1. The lowest BCUT2D eigenvalue weighted by molar-refractivity contribution is -0.251. The average Bonchev–Trinajstić information content (AvgIpc) is 2.86. The molecule has 104 valence electrons. The van der Waals surface area contributed by atoms with Crippen LogP contribution in [0.5, 0.6) is 0 Å². The molecule has 1 saturated heterocycles. The number of hydrogen-bond acceptors (Lipinski definition) is 3. The van der Waals surface area contributed by atoms with E-state index in [9.17, 15) is 18.0 Å². The van der Waals surface area contributed by atoms with Gasteiger partial charge in [0, 0.05) is 6.54 Å². The first-order valence-corrected chi connectivity index (χ1v) is 6.02. The summed E-state index contributed by atoms with van der Waals surface area (Å²) in [5.74, 6) is -0.807. The number of carbonyl (C=O) groups excluding carboxylic acids is 1. The van der Waals surface area contributed by atoms with Crippen LogP contribution in [0.4, 0.5) is 13.2 Å². The van der Waals surface area contributed by atoms with Crippen molar-refractivity contribution in [2.45, 2.75) is 31.8 Å². The maximum atomic E-state index is 12.7. The highest BCUT2D eigenvalue weighted by atomic mass is 19.4. The fourth-order valence-corrected chi connectivity index (χ4v) is 2.14. The van der Waals surface area contributed by atoms with Crippen LogP contribution in [0.1, 0.15) is 18.4 Å². The van der Waals surface area contributed by atoms with Crippen molar-refractivity contribution in [3.05, 3.63) is 35.9 Å². The Bertz CT molecular complexity index is 433. The van der Waals surface area contributed by atoms with E-state index in [1.54, 1.807) is 24.3 Å². The van der Waals surface area contributed by atoms with Crippen molar-refractivity contribution in [1.82, 2.24) is 4.90 Å². The lowest BCUT2D eigenvalue weighted by atomic mass is 10.2. The van der Waals surface area contributed by atoms with Gasteiger partial charge >= 0.3 is 12.3 Å². The highest BCUT2D eigenvalue weighted by molar-refractivity contribution is 5.76. The summed E-state index contributed by atoms with van der Waals surface area (Å²) in [5, 5.41) is 0. The van der Waals surface area contributed by atoms with E-state index >= 15 is 0 Å². The molecule has 0 unspecified atom stereocenters. The first-order valence-electron chi connectivity index (χ1n) is 6.02. The standard InChI is InChI=1S/C13H14F3NO2/c14-13(15,16)17-8-4-7-11(17)12(18)19-9-10-5-2-1-3-6-10/h1-3,5-6,11H,4,7-9H2/t11-/m1/s1. The van der Waals surface area contributed by atoms with Gasteiger partial charge in [-0.05, 0) is 18.4 Å². The molecule has 0 spiro atoms. The molecule has 19 heavy (non-hydrogen) atoms. The van der Waals surface area contributed by atoms with Gasteiger partial charge in [0.2, 0.25) is 0 Å². The molecule has 3 nitrogen and oxygen atoms in total. The first-order chi connectivity index (χ1) is 8.98. The number of nitrogens with zero attached hydrogens (tertiary/aromatic N) is 1. The van der Waals surface area contributed by atoms with Crippen molar-refractivity contribution in [3.8, 4) is 0 Å². The fourth-order valence-electron chi connectivity index (χ4n) is 2.14. The van der Waals surface area contributed by atoms with Gasteiger partial charge in [0.25, 0.3) is 0 Å².